The van der Waals surface area contributed by atoms with Crippen molar-refractivity contribution in [1.29, 1.82) is 0 Å². The van der Waals surface area contributed by atoms with Gasteiger partial charge in [-0.15, -0.1) is 0 Å². The van der Waals surface area contributed by atoms with Gasteiger partial charge in [0.15, 0.2) is 0 Å². The summed E-state index contributed by atoms with van der Waals surface area (Å²) in [6, 6.07) is 8.04. The minimum absolute atomic E-state index is 0.0131. The zero-order valence-corrected chi connectivity index (χ0v) is 17.5. The van der Waals surface area contributed by atoms with E-state index in [0.717, 1.165) is 31.2 Å². The smallest absolute Gasteiger partial charge is 0.407 e. The van der Waals surface area contributed by atoms with Crippen molar-refractivity contribution in [3.63, 3.8) is 0 Å². The summed E-state index contributed by atoms with van der Waals surface area (Å²) >= 11 is 0. The summed E-state index contributed by atoms with van der Waals surface area (Å²) in [7, 11) is 0. The number of carbonyl (C=O) groups is 3. The molecule has 3 rings (SSSR count). The standard InChI is InChI=1S/C22H31N3O4/c1-22(2,3)29-21(28)23-13-12-19(26)25(18-10-11-18)14-15-4-6-16(7-5-15)20(27)24-17-8-9-17/h4-7,17-18H,8-14H2,1-3H3,(H,23,28)(H,24,27). The summed E-state index contributed by atoms with van der Waals surface area (Å²) in [5.41, 5.74) is 1.08. The summed E-state index contributed by atoms with van der Waals surface area (Å²) in [5.74, 6) is -0.0264. The van der Waals surface area contributed by atoms with Crippen molar-refractivity contribution in [2.45, 2.75) is 77.1 Å². The monoisotopic (exact) mass is 401 g/mol. The molecule has 1 aromatic carbocycles. The molecule has 0 radical (unpaired) electrons. The normalized spacial score (nSPS) is 16.1. The van der Waals surface area contributed by atoms with Gasteiger partial charge in [0, 0.05) is 37.2 Å². The van der Waals surface area contributed by atoms with Gasteiger partial charge < -0.3 is 20.3 Å². The van der Waals surface area contributed by atoms with Gasteiger partial charge in [-0.05, 0) is 64.2 Å². The third-order valence-electron chi connectivity index (χ3n) is 4.80. The van der Waals surface area contributed by atoms with Gasteiger partial charge >= 0.3 is 6.09 Å². The maximum absolute atomic E-state index is 12.7. The number of nitrogens with one attached hydrogen (secondary N) is 2. The van der Waals surface area contributed by atoms with Gasteiger partial charge in [0.1, 0.15) is 5.60 Å². The first-order valence-electron chi connectivity index (χ1n) is 10.4. The van der Waals surface area contributed by atoms with E-state index in [1.54, 1.807) is 20.8 Å². The quantitative estimate of drug-likeness (QED) is 0.701. The Labute approximate surface area is 172 Å². The SMILES string of the molecule is CC(C)(C)OC(=O)NCCC(=O)N(Cc1ccc(C(=O)NC2CC2)cc1)C1CC1. The van der Waals surface area contributed by atoms with Gasteiger partial charge in [-0.25, -0.2) is 4.79 Å². The molecule has 0 spiro atoms. The second-order valence-electron chi connectivity index (χ2n) is 8.88. The molecule has 0 aliphatic heterocycles. The summed E-state index contributed by atoms with van der Waals surface area (Å²) in [5, 5.41) is 5.61. The van der Waals surface area contributed by atoms with Crippen molar-refractivity contribution in [2.24, 2.45) is 0 Å². The predicted octanol–water partition coefficient (Wildman–Crippen LogP) is 2.98. The van der Waals surface area contributed by atoms with E-state index in [1.165, 1.54) is 0 Å². The molecule has 2 fully saturated rings. The number of nitrogens with zero attached hydrogens (tertiary/aromatic N) is 1. The van der Waals surface area contributed by atoms with Crippen molar-refractivity contribution in [1.82, 2.24) is 15.5 Å². The number of hydrogen-bond acceptors (Lipinski definition) is 4. The molecule has 158 valence electrons. The zero-order valence-electron chi connectivity index (χ0n) is 17.5. The van der Waals surface area contributed by atoms with Crippen LogP contribution < -0.4 is 10.6 Å². The summed E-state index contributed by atoms with van der Waals surface area (Å²) in [4.78, 5) is 38.3. The van der Waals surface area contributed by atoms with Crippen LogP contribution in [-0.2, 0) is 16.1 Å². The number of alkyl carbamates (subject to hydrolysis) is 1. The highest BCUT2D eigenvalue weighted by molar-refractivity contribution is 5.94. The number of hydrogen-bond donors (Lipinski definition) is 2. The average molecular weight is 402 g/mol. The van der Waals surface area contributed by atoms with E-state index in [0.29, 0.717) is 18.2 Å². The average Bonchev–Trinajstić information content (AvgIpc) is 3.53. The van der Waals surface area contributed by atoms with Gasteiger partial charge in [0.2, 0.25) is 5.91 Å². The van der Waals surface area contributed by atoms with Crippen LogP contribution >= 0.6 is 0 Å². The largest absolute Gasteiger partial charge is 0.444 e. The van der Waals surface area contributed by atoms with Crippen molar-refractivity contribution < 1.29 is 19.1 Å². The molecule has 7 nitrogen and oxygen atoms in total. The lowest BCUT2D eigenvalue weighted by Crippen LogP contribution is -2.37. The molecule has 0 atom stereocenters. The highest BCUT2D eigenvalue weighted by Crippen LogP contribution is 2.29. The first-order valence-corrected chi connectivity index (χ1v) is 10.4. The summed E-state index contributed by atoms with van der Waals surface area (Å²) in [6.07, 6.45) is 3.86. The molecule has 0 bridgehead atoms. The van der Waals surface area contributed by atoms with Crippen molar-refractivity contribution in [3.8, 4) is 0 Å². The molecule has 2 N–H and O–H groups in total. The number of benzene rings is 1. The zero-order chi connectivity index (χ0) is 21.0. The Morgan fingerprint density at radius 3 is 2.28 bits per heavy atom. The van der Waals surface area contributed by atoms with Crippen LogP contribution in [0.4, 0.5) is 4.79 Å². The fourth-order valence-corrected chi connectivity index (χ4v) is 2.99. The van der Waals surface area contributed by atoms with Crippen molar-refractivity contribution in [2.75, 3.05) is 6.54 Å². The van der Waals surface area contributed by atoms with Crippen LogP contribution in [0.2, 0.25) is 0 Å². The molecule has 7 heteroatoms. The minimum atomic E-state index is -0.560. The molecular weight excluding hydrogens is 370 g/mol. The highest BCUT2D eigenvalue weighted by atomic mass is 16.6. The Morgan fingerprint density at radius 2 is 1.72 bits per heavy atom. The Kier molecular flexibility index (Phi) is 6.45. The molecule has 2 aliphatic carbocycles. The van der Waals surface area contributed by atoms with E-state index in [4.69, 9.17) is 4.74 Å². The van der Waals surface area contributed by atoms with Crippen LogP contribution in [0.5, 0.6) is 0 Å². The van der Waals surface area contributed by atoms with Crippen LogP contribution in [0, 0.1) is 0 Å². The van der Waals surface area contributed by atoms with Crippen LogP contribution in [0.3, 0.4) is 0 Å². The molecule has 2 aliphatic rings. The lowest BCUT2D eigenvalue weighted by atomic mass is 10.1. The Morgan fingerprint density at radius 1 is 1.07 bits per heavy atom. The molecule has 0 unspecified atom stereocenters. The second-order valence-corrected chi connectivity index (χ2v) is 8.88. The first-order chi connectivity index (χ1) is 13.7. The number of carbonyl (C=O) groups excluding carboxylic acids is 3. The minimum Gasteiger partial charge on any atom is -0.444 e. The first kappa shape index (κ1) is 21.1. The van der Waals surface area contributed by atoms with E-state index in [9.17, 15) is 14.4 Å². The van der Waals surface area contributed by atoms with Crippen molar-refractivity contribution in [3.05, 3.63) is 35.4 Å². The Bertz CT molecular complexity index is 746. The third kappa shape index (κ3) is 7.07. The van der Waals surface area contributed by atoms with E-state index >= 15 is 0 Å². The van der Waals surface area contributed by atoms with Gasteiger partial charge in [0.25, 0.3) is 5.91 Å². The van der Waals surface area contributed by atoms with E-state index in [2.05, 4.69) is 10.6 Å². The Balaban J connectivity index is 1.48. The molecular formula is C22H31N3O4. The fourth-order valence-electron chi connectivity index (χ4n) is 2.99. The van der Waals surface area contributed by atoms with Gasteiger partial charge in [0.05, 0.1) is 0 Å². The van der Waals surface area contributed by atoms with Crippen LogP contribution in [-0.4, -0.2) is 47.0 Å². The summed E-state index contributed by atoms with van der Waals surface area (Å²) < 4.78 is 5.19. The molecule has 0 heterocycles. The van der Waals surface area contributed by atoms with E-state index < -0.39 is 11.7 Å². The molecule has 29 heavy (non-hydrogen) atoms. The molecule has 0 aromatic heterocycles. The predicted molar refractivity (Wildman–Crippen MR) is 109 cm³/mol. The maximum atomic E-state index is 12.7. The highest BCUT2D eigenvalue weighted by Gasteiger charge is 2.32. The molecule has 0 saturated heterocycles. The van der Waals surface area contributed by atoms with Gasteiger partial charge in [-0.1, -0.05) is 12.1 Å². The number of amides is 3. The lowest BCUT2D eigenvalue weighted by Gasteiger charge is -2.23. The second kappa shape index (κ2) is 8.84. The molecule has 3 amide bonds. The van der Waals surface area contributed by atoms with E-state index in [-0.39, 0.29) is 30.8 Å². The van der Waals surface area contributed by atoms with Gasteiger partial charge in [-0.2, -0.15) is 0 Å². The summed E-state index contributed by atoms with van der Waals surface area (Å²) in [6.45, 7) is 6.16. The van der Waals surface area contributed by atoms with Crippen LogP contribution in [0.25, 0.3) is 0 Å². The van der Waals surface area contributed by atoms with E-state index in [1.807, 2.05) is 29.2 Å². The third-order valence-corrected chi connectivity index (χ3v) is 4.80. The topological polar surface area (TPSA) is 87.7 Å². The Hall–Kier alpha value is -2.57. The lowest BCUT2D eigenvalue weighted by molar-refractivity contribution is -0.132. The molecule has 2 saturated carbocycles. The van der Waals surface area contributed by atoms with Crippen molar-refractivity contribution >= 4 is 17.9 Å². The fraction of sp³-hybridized carbons (Fsp3) is 0.591. The van der Waals surface area contributed by atoms with Gasteiger partial charge in [-0.3, -0.25) is 9.59 Å². The number of ether oxygens (including phenoxy) is 1. The van der Waals surface area contributed by atoms with Crippen LogP contribution in [0.15, 0.2) is 24.3 Å². The number of rotatable bonds is 8. The van der Waals surface area contributed by atoms with Crippen LogP contribution in [0.1, 0.15) is 68.8 Å². The molecule has 1 aromatic rings. The maximum Gasteiger partial charge on any atom is 0.407 e.